The normalized spacial score (nSPS) is 9.68. The third kappa shape index (κ3) is 3.67. The summed E-state index contributed by atoms with van der Waals surface area (Å²) >= 11 is 0. The Balaban J connectivity index is 3.12. The second-order valence-electron chi connectivity index (χ2n) is 3.80. The third-order valence-corrected chi connectivity index (χ3v) is 2.62. The summed E-state index contributed by atoms with van der Waals surface area (Å²) in [4.78, 5) is 22.6. The van der Waals surface area contributed by atoms with Crippen molar-refractivity contribution in [2.24, 2.45) is 0 Å². The fourth-order valence-electron chi connectivity index (χ4n) is 1.69. The van der Waals surface area contributed by atoms with E-state index in [1.165, 1.54) is 18.2 Å². The van der Waals surface area contributed by atoms with Gasteiger partial charge >= 0.3 is 5.97 Å². The van der Waals surface area contributed by atoms with E-state index in [1.54, 1.807) is 11.8 Å². The number of carbonyl (C=O) groups is 1. The molecule has 100 valence electrons. The lowest BCUT2D eigenvalue weighted by Crippen LogP contribution is -2.26. The molecule has 0 saturated carbocycles. The molecule has 0 atom stereocenters. The Morgan fingerprint density at radius 1 is 1.58 bits per heavy atom. The number of benzene rings is 1. The van der Waals surface area contributed by atoms with Gasteiger partial charge in [-0.1, -0.05) is 0 Å². The number of nitro groups is 1. The van der Waals surface area contributed by atoms with E-state index in [-0.39, 0.29) is 24.2 Å². The van der Waals surface area contributed by atoms with Crippen LogP contribution in [-0.2, 0) is 4.79 Å². The minimum atomic E-state index is -0.963. The first kappa shape index (κ1) is 14.4. The van der Waals surface area contributed by atoms with Crippen LogP contribution in [0.5, 0.6) is 0 Å². The number of nitrogens with zero attached hydrogens (tertiary/aromatic N) is 3. The monoisotopic (exact) mass is 263 g/mol. The maximum Gasteiger partial charge on any atom is 0.305 e. The molecule has 19 heavy (non-hydrogen) atoms. The predicted octanol–water partition coefficient (Wildman–Crippen LogP) is 1.77. The number of nitriles is 1. The number of hydrogen-bond donors (Lipinski definition) is 1. The van der Waals surface area contributed by atoms with Gasteiger partial charge in [0.05, 0.1) is 23.0 Å². The molecule has 0 saturated heterocycles. The lowest BCUT2D eigenvalue weighted by atomic mass is 10.1. The lowest BCUT2D eigenvalue weighted by Gasteiger charge is -2.21. The highest BCUT2D eigenvalue weighted by Crippen LogP contribution is 2.29. The summed E-state index contributed by atoms with van der Waals surface area (Å²) < 4.78 is 0. The predicted molar refractivity (Wildman–Crippen MR) is 68.0 cm³/mol. The second kappa shape index (κ2) is 6.35. The minimum absolute atomic E-state index is 0.106. The Bertz CT molecular complexity index is 536. The molecule has 0 amide bonds. The second-order valence-corrected chi connectivity index (χ2v) is 3.80. The van der Waals surface area contributed by atoms with Crippen LogP contribution in [0.2, 0.25) is 0 Å². The third-order valence-electron chi connectivity index (χ3n) is 2.62. The molecule has 0 aromatic heterocycles. The molecule has 0 bridgehead atoms. The van der Waals surface area contributed by atoms with Crippen molar-refractivity contribution in [3.63, 3.8) is 0 Å². The molecule has 1 N–H and O–H groups in total. The highest BCUT2D eigenvalue weighted by Gasteiger charge is 2.19. The highest BCUT2D eigenvalue weighted by molar-refractivity contribution is 5.69. The number of carboxylic acid groups (broad SMARTS) is 1. The van der Waals surface area contributed by atoms with Crippen LogP contribution in [0, 0.1) is 21.4 Å². The van der Waals surface area contributed by atoms with E-state index in [0.29, 0.717) is 12.2 Å². The van der Waals surface area contributed by atoms with Crippen LogP contribution in [0.1, 0.15) is 18.9 Å². The molecule has 0 aliphatic carbocycles. The van der Waals surface area contributed by atoms with Gasteiger partial charge in [0, 0.05) is 19.2 Å². The number of rotatable bonds is 6. The van der Waals surface area contributed by atoms with E-state index in [4.69, 9.17) is 10.4 Å². The van der Waals surface area contributed by atoms with E-state index in [1.807, 2.05) is 6.07 Å². The molecular formula is C12H13N3O4. The zero-order valence-electron chi connectivity index (χ0n) is 10.4. The largest absolute Gasteiger partial charge is 0.481 e. The smallest absolute Gasteiger partial charge is 0.305 e. The van der Waals surface area contributed by atoms with Crippen molar-refractivity contribution in [1.82, 2.24) is 0 Å². The van der Waals surface area contributed by atoms with Gasteiger partial charge in [0.1, 0.15) is 5.69 Å². The Hall–Kier alpha value is -2.62. The molecule has 1 aromatic rings. The van der Waals surface area contributed by atoms with Crippen molar-refractivity contribution >= 4 is 17.3 Å². The average Bonchev–Trinajstić information content (AvgIpc) is 2.39. The van der Waals surface area contributed by atoms with Gasteiger partial charge in [-0.2, -0.15) is 5.26 Å². The Kier molecular flexibility index (Phi) is 4.83. The van der Waals surface area contributed by atoms with Crippen LogP contribution in [0.25, 0.3) is 0 Å². The van der Waals surface area contributed by atoms with E-state index in [9.17, 15) is 14.9 Å². The van der Waals surface area contributed by atoms with E-state index < -0.39 is 10.9 Å². The molecule has 0 aliphatic rings. The molecule has 0 radical (unpaired) electrons. The topological polar surface area (TPSA) is 107 Å². The first-order chi connectivity index (χ1) is 8.99. The van der Waals surface area contributed by atoms with E-state index in [2.05, 4.69) is 0 Å². The molecular weight excluding hydrogens is 250 g/mol. The van der Waals surface area contributed by atoms with Crippen molar-refractivity contribution in [3.8, 4) is 6.07 Å². The molecule has 0 fully saturated rings. The van der Waals surface area contributed by atoms with Gasteiger partial charge in [0.2, 0.25) is 0 Å². The van der Waals surface area contributed by atoms with Gasteiger partial charge < -0.3 is 10.0 Å². The fraction of sp³-hybridized carbons (Fsp3) is 0.333. The fourth-order valence-corrected chi connectivity index (χ4v) is 1.69. The SMILES string of the molecule is CCN(CCC(=O)O)c1ccc(C#N)cc1[N+](=O)[O-]. The Labute approximate surface area is 109 Å². The molecule has 0 spiro atoms. The molecule has 1 rings (SSSR count). The molecule has 0 aliphatic heterocycles. The molecule has 1 aromatic carbocycles. The Morgan fingerprint density at radius 3 is 2.74 bits per heavy atom. The summed E-state index contributed by atoms with van der Waals surface area (Å²) in [7, 11) is 0. The number of aliphatic carboxylic acids is 1. The number of carboxylic acids is 1. The maximum absolute atomic E-state index is 11.0. The Morgan fingerprint density at radius 2 is 2.26 bits per heavy atom. The van der Waals surface area contributed by atoms with Crippen LogP contribution in [0.15, 0.2) is 18.2 Å². The quantitative estimate of drug-likeness (QED) is 0.619. The van der Waals surface area contributed by atoms with Gasteiger partial charge in [0.25, 0.3) is 5.69 Å². The molecule has 0 unspecified atom stereocenters. The minimum Gasteiger partial charge on any atom is -0.481 e. The van der Waals surface area contributed by atoms with E-state index >= 15 is 0 Å². The van der Waals surface area contributed by atoms with Crippen molar-refractivity contribution < 1.29 is 14.8 Å². The van der Waals surface area contributed by atoms with Crippen molar-refractivity contribution in [3.05, 3.63) is 33.9 Å². The standard InChI is InChI=1S/C12H13N3O4/c1-2-14(6-5-12(16)17)10-4-3-9(8-13)7-11(10)15(18)19/h3-4,7H,2,5-6H2,1H3,(H,16,17). The van der Waals surface area contributed by atoms with Crippen LogP contribution in [-0.4, -0.2) is 29.1 Å². The first-order valence-corrected chi connectivity index (χ1v) is 5.64. The zero-order valence-corrected chi connectivity index (χ0v) is 10.4. The molecule has 0 heterocycles. The van der Waals surface area contributed by atoms with Crippen molar-refractivity contribution in [1.29, 1.82) is 5.26 Å². The summed E-state index contributed by atoms with van der Waals surface area (Å²) in [5, 5.41) is 28.4. The first-order valence-electron chi connectivity index (χ1n) is 5.64. The van der Waals surface area contributed by atoms with Crippen molar-refractivity contribution in [2.75, 3.05) is 18.0 Å². The summed E-state index contributed by atoms with van der Waals surface area (Å²) in [5.41, 5.74) is 0.337. The summed E-state index contributed by atoms with van der Waals surface area (Å²) in [6.07, 6.45) is -0.106. The van der Waals surface area contributed by atoms with E-state index in [0.717, 1.165) is 0 Å². The van der Waals surface area contributed by atoms with Gasteiger partial charge in [-0.3, -0.25) is 14.9 Å². The van der Waals surface area contributed by atoms with Gasteiger partial charge in [-0.15, -0.1) is 0 Å². The lowest BCUT2D eigenvalue weighted by molar-refractivity contribution is -0.384. The number of nitro benzene ring substituents is 1. The van der Waals surface area contributed by atoms with Crippen LogP contribution in [0.4, 0.5) is 11.4 Å². The van der Waals surface area contributed by atoms with Crippen LogP contribution in [0.3, 0.4) is 0 Å². The highest BCUT2D eigenvalue weighted by atomic mass is 16.6. The van der Waals surface area contributed by atoms with Crippen LogP contribution >= 0.6 is 0 Å². The molecule has 7 nitrogen and oxygen atoms in total. The molecule has 7 heteroatoms. The zero-order chi connectivity index (χ0) is 14.4. The number of anilines is 1. The van der Waals surface area contributed by atoms with Gasteiger partial charge in [-0.05, 0) is 19.1 Å². The summed E-state index contributed by atoms with van der Waals surface area (Å²) in [6, 6.07) is 5.98. The average molecular weight is 263 g/mol. The maximum atomic E-state index is 11.0. The van der Waals surface area contributed by atoms with Gasteiger partial charge in [0.15, 0.2) is 0 Å². The van der Waals surface area contributed by atoms with Crippen molar-refractivity contribution in [2.45, 2.75) is 13.3 Å². The van der Waals surface area contributed by atoms with Crippen LogP contribution < -0.4 is 4.90 Å². The summed E-state index contributed by atoms with van der Waals surface area (Å²) in [6.45, 7) is 2.41. The number of hydrogen-bond acceptors (Lipinski definition) is 5. The van der Waals surface area contributed by atoms with Gasteiger partial charge in [-0.25, -0.2) is 0 Å². The summed E-state index contributed by atoms with van der Waals surface area (Å²) in [5.74, 6) is -0.963.